The molecule has 2 N–H and O–H groups in total. The van der Waals surface area contributed by atoms with Gasteiger partial charge in [0.2, 0.25) is 0 Å². The van der Waals surface area contributed by atoms with E-state index in [-0.39, 0.29) is 23.7 Å². The smallest absolute Gasteiger partial charge is 0.387 e. The van der Waals surface area contributed by atoms with Gasteiger partial charge in [-0.15, -0.1) is 0 Å². The van der Waals surface area contributed by atoms with Crippen molar-refractivity contribution in [2.45, 2.75) is 109 Å². The first-order valence-electron chi connectivity index (χ1n) is 13.6. The lowest BCUT2D eigenvalue weighted by Gasteiger charge is -2.59. The molecule has 1 saturated heterocycles. The Kier molecular flexibility index (Phi) is 6.05. The van der Waals surface area contributed by atoms with E-state index in [0.717, 1.165) is 44.1 Å². The zero-order valence-corrected chi connectivity index (χ0v) is 21.1. The highest BCUT2D eigenvalue weighted by Gasteiger charge is 2.63. The van der Waals surface area contributed by atoms with Crippen molar-refractivity contribution >= 4 is 0 Å². The van der Waals surface area contributed by atoms with Gasteiger partial charge in [-0.3, -0.25) is 0 Å². The highest BCUT2D eigenvalue weighted by molar-refractivity contribution is 5.28. The maximum absolute atomic E-state index is 13.6. The molecule has 0 aromatic carbocycles. The predicted molar refractivity (Wildman–Crippen MR) is 125 cm³/mol. The number of ether oxygens (including phenoxy) is 1. The first kappa shape index (κ1) is 25.1. The van der Waals surface area contributed by atoms with Gasteiger partial charge in [0, 0.05) is 19.4 Å². The average Bonchev–Trinajstić information content (AvgIpc) is 3.35. The van der Waals surface area contributed by atoms with E-state index in [4.69, 9.17) is 4.74 Å². The number of hydrogen-bond acceptors (Lipinski definition) is 3. The summed E-state index contributed by atoms with van der Waals surface area (Å²) in [7, 11) is 0. The predicted octanol–water partition coefficient (Wildman–Crippen LogP) is 6.43. The summed E-state index contributed by atoms with van der Waals surface area (Å²) in [5, 5.41) is 21.1. The van der Waals surface area contributed by atoms with Crippen LogP contribution in [0.5, 0.6) is 0 Å². The Balaban J connectivity index is 1.31. The quantitative estimate of drug-likeness (QED) is 0.452. The van der Waals surface area contributed by atoms with Crippen molar-refractivity contribution in [3.05, 3.63) is 11.6 Å². The summed E-state index contributed by atoms with van der Waals surface area (Å²) >= 11 is 0. The molecular weight excluding hydrogens is 441 g/mol. The van der Waals surface area contributed by atoms with E-state index in [9.17, 15) is 23.4 Å². The molecule has 1 heterocycles. The molecule has 0 amide bonds. The lowest BCUT2D eigenvalue weighted by Crippen LogP contribution is -2.55. The summed E-state index contributed by atoms with van der Waals surface area (Å²) in [6.45, 7) is 8.16. The van der Waals surface area contributed by atoms with E-state index in [0.29, 0.717) is 49.2 Å². The molecule has 6 heteroatoms. The lowest BCUT2D eigenvalue weighted by molar-refractivity contribution is -0.271. The van der Waals surface area contributed by atoms with Crippen molar-refractivity contribution < 1.29 is 28.1 Å². The minimum Gasteiger partial charge on any atom is -0.387 e. The van der Waals surface area contributed by atoms with E-state index in [2.05, 4.69) is 26.8 Å². The fourth-order valence-electron chi connectivity index (χ4n) is 9.36. The molecular formula is C28H43F3O3. The van der Waals surface area contributed by atoms with Gasteiger partial charge in [0.15, 0.2) is 5.60 Å². The van der Waals surface area contributed by atoms with Gasteiger partial charge in [-0.05, 0) is 98.2 Å². The number of halogens is 3. The molecule has 34 heavy (non-hydrogen) atoms. The third kappa shape index (κ3) is 3.80. The Morgan fingerprint density at radius 2 is 1.82 bits per heavy atom. The van der Waals surface area contributed by atoms with Gasteiger partial charge in [-0.1, -0.05) is 32.4 Å². The molecule has 3 nitrogen and oxygen atoms in total. The molecule has 0 radical (unpaired) electrons. The second-order valence-corrected chi connectivity index (χ2v) is 13.2. The van der Waals surface area contributed by atoms with Gasteiger partial charge in [0.1, 0.15) is 0 Å². The molecule has 0 bridgehead atoms. The fraction of sp³-hybridized carbons (Fsp3) is 0.929. The maximum atomic E-state index is 13.6. The molecule has 0 unspecified atom stereocenters. The van der Waals surface area contributed by atoms with Gasteiger partial charge in [0.25, 0.3) is 0 Å². The Hall–Kier alpha value is -0.590. The number of hydrogen-bond donors (Lipinski definition) is 2. The van der Waals surface area contributed by atoms with Crippen LogP contribution in [-0.4, -0.2) is 40.8 Å². The van der Waals surface area contributed by atoms with Crippen molar-refractivity contribution in [2.75, 3.05) is 13.2 Å². The third-order valence-corrected chi connectivity index (χ3v) is 11.6. The summed E-state index contributed by atoms with van der Waals surface area (Å²) < 4.78 is 46.2. The summed E-state index contributed by atoms with van der Waals surface area (Å²) in [5.41, 5.74) is -2.28. The third-order valence-electron chi connectivity index (χ3n) is 11.6. The van der Waals surface area contributed by atoms with Gasteiger partial charge in [-0.25, -0.2) is 0 Å². The van der Waals surface area contributed by atoms with Crippen LogP contribution in [0, 0.1) is 40.4 Å². The number of allylic oxidation sites excluding steroid dienone is 1. The molecule has 5 aliphatic rings. The van der Waals surface area contributed by atoms with Crippen LogP contribution in [0.1, 0.15) is 91.4 Å². The van der Waals surface area contributed by atoms with Crippen molar-refractivity contribution in [1.82, 2.24) is 0 Å². The zero-order chi connectivity index (χ0) is 24.6. The fourth-order valence-corrected chi connectivity index (χ4v) is 9.36. The summed E-state index contributed by atoms with van der Waals surface area (Å²) in [6.07, 6.45) is 5.64. The second kappa shape index (κ2) is 8.21. The summed E-state index contributed by atoms with van der Waals surface area (Å²) in [5.74, 6) is 2.78. The first-order chi connectivity index (χ1) is 15.8. The van der Waals surface area contributed by atoms with E-state index in [1.165, 1.54) is 12.8 Å². The van der Waals surface area contributed by atoms with Gasteiger partial charge >= 0.3 is 6.18 Å². The molecule has 3 saturated carbocycles. The number of fused-ring (bicyclic) bond motifs is 5. The molecule has 0 spiro atoms. The molecule has 0 aromatic heterocycles. The minimum atomic E-state index is -4.57. The zero-order valence-electron chi connectivity index (χ0n) is 21.1. The standard InChI is InChI=1S/C28H43F3O3/c1-18(8-11-26(32)14-15-34-17-26)21-6-7-22-20-5-4-19-16-27(33,28(29,30)31)13-12-24(19,2)23(20)9-10-25(21,22)3/h4,18,20-23,32-33H,5-17H2,1-3H3/t18-,20+,21-,22+,23+,24+,25-,26-,27+/m1/s1. The van der Waals surface area contributed by atoms with Gasteiger partial charge < -0.3 is 14.9 Å². The van der Waals surface area contributed by atoms with Crippen molar-refractivity contribution in [3.8, 4) is 0 Å². The molecule has 9 atom stereocenters. The highest BCUT2D eigenvalue weighted by atomic mass is 19.4. The van der Waals surface area contributed by atoms with Crippen LogP contribution in [0.25, 0.3) is 0 Å². The van der Waals surface area contributed by atoms with Crippen LogP contribution in [0.2, 0.25) is 0 Å². The van der Waals surface area contributed by atoms with Gasteiger partial charge in [0.05, 0.1) is 12.2 Å². The SMILES string of the molecule is C[C@H](CC[C@@]1(O)CCOC1)[C@H]1CC[C@H]2[C@@H]3CC=C4C[C@](O)(C(F)(F)F)CC[C@]4(C)[C@H]3CC[C@]12C. The van der Waals surface area contributed by atoms with Crippen LogP contribution in [0.3, 0.4) is 0 Å². The monoisotopic (exact) mass is 484 g/mol. The van der Waals surface area contributed by atoms with E-state index < -0.39 is 17.4 Å². The number of aliphatic hydroxyl groups is 2. The van der Waals surface area contributed by atoms with Crippen molar-refractivity contribution in [1.29, 1.82) is 0 Å². The first-order valence-corrected chi connectivity index (χ1v) is 13.6. The minimum absolute atomic E-state index is 0.179. The second-order valence-electron chi connectivity index (χ2n) is 13.2. The summed E-state index contributed by atoms with van der Waals surface area (Å²) in [4.78, 5) is 0. The molecule has 4 fully saturated rings. The normalized spacial score (nSPS) is 49.7. The van der Waals surface area contributed by atoms with Crippen LogP contribution >= 0.6 is 0 Å². The Bertz CT molecular complexity index is 818. The van der Waals surface area contributed by atoms with E-state index in [1.54, 1.807) is 0 Å². The van der Waals surface area contributed by atoms with Crippen LogP contribution < -0.4 is 0 Å². The number of alkyl halides is 3. The topological polar surface area (TPSA) is 49.7 Å². The Morgan fingerprint density at radius 3 is 2.50 bits per heavy atom. The molecule has 194 valence electrons. The molecule has 0 aromatic rings. The molecule has 4 aliphatic carbocycles. The van der Waals surface area contributed by atoms with Crippen molar-refractivity contribution in [3.63, 3.8) is 0 Å². The Morgan fingerprint density at radius 1 is 1.06 bits per heavy atom. The lowest BCUT2D eigenvalue weighted by atomic mass is 9.46. The molecule has 1 aliphatic heterocycles. The van der Waals surface area contributed by atoms with Crippen LogP contribution in [0.15, 0.2) is 11.6 Å². The highest BCUT2D eigenvalue weighted by Crippen LogP contribution is 2.68. The largest absolute Gasteiger partial charge is 0.417 e. The van der Waals surface area contributed by atoms with Crippen LogP contribution in [-0.2, 0) is 4.74 Å². The number of rotatable bonds is 4. The van der Waals surface area contributed by atoms with E-state index >= 15 is 0 Å². The Labute approximate surface area is 202 Å². The van der Waals surface area contributed by atoms with E-state index in [1.807, 2.05) is 0 Å². The summed E-state index contributed by atoms with van der Waals surface area (Å²) in [6, 6.07) is 0. The van der Waals surface area contributed by atoms with Crippen LogP contribution in [0.4, 0.5) is 13.2 Å². The molecule has 5 rings (SSSR count). The maximum Gasteiger partial charge on any atom is 0.417 e. The van der Waals surface area contributed by atoms with Crippen molar-refractivity contribution in [2.24, 2.45) is 40.4 Å². The average molecular weight is 485 g/mol. The van der Waals surface area contributed by atoms with Gasteiger partial charge in [-0.2, -0.15) is 13.2 Å².